The first-order chi connectivity index (χ1) is 9.20. The molecule has 4 nitrogen and oxygen atoms in total. The summed E-state index contributed by atoms with van der Waals surface area (Å²) in [6.07, 6.45) is 0. The maximum Gasteiger partial charge on any atom is 0.335 e. The number of hydrogen-bond donors (Lipinski definition) is 3. The van der Waals surface area contributed by atoms with Crippen molar-refractivity contribution in [2.24, 2.45) is 0 Å². The lowest BCUT2D eigenvalue weighted by molar-refractivity contribution is 0.0697. The van der Waals surface area contributed by atoms with Crippen LogP contribution in [0, 0.1) is 0 Å². The molecule has 19 heavy (non-hydrogen) atoms. The Morgan fingerprint density at radius 2 is 1.84 bits per heavy atom. The number of aromatic carboxylic acids is 1. The molecule has 5 heteroatoms. The lowest BCUT2D eigenvalue weighted by Crippen LogP contribution is -2.03. The van der Waals surface area contributed by atoms with Crippen molar-refractivity contribution in [1.82, 2.24) is 0 Å². The fourth-order valence-electron chi connectivity index (χ4n) is 1.73. The van der Waals surface area contributed by atoms with Crippen molar-refractivity contribution >= 4 is 40.2 Å². The quantitative estimate of drug-likeness (QED) is 0.556. The Morgan fingerprint density at radius 3 is 2.53 bits per heavy atom. The molecule has 0 saturated heterocycles. The zero-order valence-electron chi connectivity index (χ0n) is 10.1. The van der Waals surface area contributed by atoms with E-state index in [1.54, 1.807) is 18.2 Å². The summed E-state index contributed by atoms with van der Waals surface area (Å²) < 4.78 is 3.07. The van der Waals surface area contributed by atoms with E-state index in [4.69, 9.17) is 5.11 Å². The lowest BCUT2D eigenvalue weighted by Gasteiger charge is -2.11. The van der Waals surface area contributed by atoms with Crippen molar-refractivity contribution < 1.29 is 9.90 Å². The summed E-state index contributed by atoms with van der Waals surface area (Å²) in [6.45, 7) is 0.580. The number of carboxylic acid groups (broad SMARTS) is 1. The normalized spacial score (nSPS) is 9.95. The summed E-state index contributed by atoms with van der Waals surface area (Å²) >= 11 is 2.08. The molecule has 98 valence electrons. The number of halogens is 1. The second kappa shape index (κ2) is 6.42. The van der Waals surface area contributed by atoms with Crippen molar-refractivity contribution in [3.63, 3.8) is 0 Å². The number of rotatable bonds is 5. The van der Waals surface area contributed by atoms with E-state index in [-0.39, 0.29) is 0 Å². The van der Waals surface area contributed by atoms with Gasteiger partial charge in [0.1, 0.15) is 0 Å². The van der Waals surface area contributed by atoms with E-state index >= 15 is 0 Å². The Kier molecular flexibility index (Phi) is 4.62. The molecule has 0 radical (unpaired) electrons. The van der Waals surface area contributed by atoms with Crippen LogP contribution in [-0.2, 0) is 6.54 Å². The smallest absolute Gasteiger partial charge is 0.335 e. The number of hydrogen-bond acceptors (Lipinski definition) is 3. The summed E-state index contributed by atoms with van der Waals surface area (Å²) in [4.78, 5) is 10.9. The molecule has 0 aromatic heterocycles. The van der Waals surface area contributed by atoms with Crippen molar-refractivity contribution in [1.29, 1.82) is 0 Å². The largest absolute Gasteiger partial charge is 0.478 e. The van der Waals surface area contributed by atoms with Gasteiger partial charge in [0, 0.05) is 6.54 Å². The summed E-state index contributed by atoms with van der Waals surface area (Å²) in [5.41, 5.74) is 3.22. The van der Waals surface area contributed by atoms with Crippen molar-refractivity contribution in [3.8, 4) is 0 Å². The minimum absolute atomic E-state index is 0.305. The molecule has 0 heterocycles. The van der Waals surface area contributed by atoms with Gasteiger partial charge in [-0.25, -0.2) is 4.79 Å². The van der Waals surface area contributed by atoms with E-state index in [9.17, 15) is 4.79 Å². The molecule has 2 aromatic carbocycles. The van der Waals surface area contributed by atoms with Crippen molar-refractivity contribution in [2.45, 2.75) is 6.54 Å². The lowest BCUT2D eigenvalue weighted by atomic mass is 10.1. The molecule has 0 aliphatic heterocycles. The van der Waals surface area contributed by atoms with Crippen LogP contribution in [0.15, 0.2) is 48.5 Å². The first kappa shape index (κ1) is 13.7. The molecule has 0 amide bonds. The Labute approximate surface area is 125 Å². The molecule has 0 spiro atoms. The number of para-hydroxylation sites is 2. The maximum atomic E-state index is 10.9. The molecule has 0 bridgehead atoms. The zero-order chi connectivity index (χ0) is 13.7. The Balaban J connectivity index is 2.10. The van der Waals surface area contributed by atoms with Crippen molar-refractivity contribution in [3.05, 3.63) is 59.7 Å². The van der Waals surface area contributed by atoms with Gasteiger partial charge in [0.15, 0.2) is 0 Å². The third kappa shape index (κ3) is 3.60. The average Bonchev–Trinajstić information content (AvgIpc) is 2.45. The molecule has 0 unspecified atom stereocenters. The highest BCUT2D eigenvalue weighted by Gasteiger charge is 2.04. The second-order valence-electron chi connectivity index (χ2n) is 4.00. The van der Waals surface area contributed by atoms with Gasteiger partial charge in [0.2, 0.25) is 0 Å². The number of anilines is 2. The summed E-state index contributed by atoms with van der Waals surface area (Å²) in [5.74, 6) is -0.906. The Hall–Kier alpha value is -1.76. The molecule has 0 aliphatic rings. The molecule has 0 saturated carbocycles. The van der Waals surface area contributed by atoms with Gasteiger partial charge >= 0.3 is 5.97 Å². The maximum absolute atomic E-state index is 10.9. The summed E-state index contributed by atoms with van der Waals surface area (Å²) in [5, 5.41) is 12.2. The van der Waals surface area contributed by atoms with Gasteiger partial charge in [-0.05, 0) is 29.8 Å². The standard InChI is InChI=1S/C14H13IN2O2/c15-17-13-7-2-1-6-12(13)16-9-10-4-3-5-11(8-10)14(18)19/h1-8,16-17H,9H2,(H,18,19). The molecular formula is C14H13IN2O2. The number of carboxylic acids is 1. The van der Waals surface area contributed by atoms with Gasteiger partial charge in [0.05, 0.1) is 39.8 Å². The highest BCUT2D eigenvalue weighted by atomic mass is 127. The van der Waals surface area contributed by atoms with E-state index in [2.05, 4.69) is 31.7 Å². The minimum Gasteiger partial charge on any atom is -0.478 e. The second-order valence-corrected chi connectivity index (χ2v) is 4.54. The predicted molar refractivity (Wildman–Crippen MR) is 84.8 cm³/mol. The van der Waals surface area contributed by atoms with Crippen LogP contribution in [0.4, 0.5) is 11.4 Å². The van der Waals surface area contributed by atoms with Crippen LogP contribution in [0.3, 0.4) is 0 Å². The van der Waals surface area contributed by atoms with Crippen LogP contribution in [0.5, 0.6) is 0 Å². The zero-order valence-corrected chi connectivity index (χ0v) is 12.2. The monoisotopic (exact) mass is 368 g/mol. The molecule has 2 rings (SSSR count). The van der Waals surface area contributed by atoms with E-state index in [1.165, 1.54) is 0 Å². The van der Waals surface area contributed by atoms with Crippen LogP contribution in [0.1, 0.15) is 15.9 Å². The molecule has 2 aromatic rings. The third-order valence-corrected chi connectivity index (χ3v) is 3.27. The topological polar surface area (TPSA) is 61.4 Å². The highest BCUT2D eigenvalue weighted by molar-refractivity contribution is 14.1. The molecule has 3 N–H and O–H groups in total. The number of benzene rings is 2. The van der Waals surface area contributed by atoms with Gasteiger partial charge < -0.3 is 14.0 Å². The molecular weight excluding hydrogens is 355 g/mol. The summed E-state index contributed by atoms with van der Waals surface area (Å²) in [6, 6.07) is 14.8. The third-order valence-electron chi connectivity index (χ3n) is 2.69. The fourth-order valence-corrected chi connectivity index (χ4v) is 2.20. The van der Waals surface area contributed by atoms with Crippen molar-refractivity contribution in [2.75, 3.05) is 8.85 Å². The van der Waals surface area contributed by atoms with Gasteiger partial charge in [-0.3, -0.25) is 0 Å². The molecule has 0 fully saturated rings. The number of carbonyl (C=O) groups is 1. The van der Waals surface area contributed by atoms with Crippen LogP contribution >= 0.6 is 22.9 Å². The summed E-state index contributed by atoms with van der Waals surface area (Å²) in [7, 11) is 0. The fraction of sp³-hybridized carbons (Fsp3) is 0.0714. The van der Waals surface area contributed by atoms with Crippen LogP contribution in [-0.4, -0.2) is 11.1 Å². The van der Waals surface area contributed by atoms with E-state index in [0.717, 1.165) is 16.9 Å². The van der Waals surface area contributed by atoms with E-state index in [0.29, 0.717) is 12.1 Å². The van der Waals surface area contributed by atoms with E-state index < -0.39 is 5.97 Å². The molecule has 0 aliphatic carbocycles. The van der Waals surface area contributed by atoms with Gasteiger partial charge in [-0.2, -0.15) is 0 Å². The number of nitrogens with one attached hydrogen (secondary N) is 2. The van der Waals surface area contributed by atoms with Gasteiger partial charge in [-0.15, -0.1) is 0 Å². The average molecular weight is 368 g/mol. The first-order valence-corrected chi connectivity index (χ1v) is 6.80. The Bertz CT molecular complexity index is 587. The highest BCUT2D eigenvalue weighted by Crippen LogP contribution is 2.22. The first-order valence-electron chi connectivity index (χ1n) is 5.72. The molecule has 0 atom stereocenters. The van der Waals surface area contributed by atoms with Gasteiger partial charge in [0.25, 0.3) is 0 Å². The Morgan fingerprint density at radius 1 is 1.11 bits per heavy atom. The van der Waals surface area contributed by atoms with Crippen LogP contribution in [0.2, 0.25) is 0 Å². The van der Waals surface area contributed by atoms with Crippen LogP contribution in [0.25, 0.3) is 0 Å². The minimum atomic E-state index is -0.906. The van der Waals surface area contributed by atoms with E-state index in [1.807, 2.05) is 30.3 Å². The predicted octanol–water partition coefficient (Wildman–Crippen LogP) is 3.76. The van der Waals surface area contributed by atoms with Gasteiger partial charge in [-0.1, -0.05) is 24.3 Å². The van der Waals surface area contributed by atoms with Crippen LogP contribution < -0.4 is 8.85 Å². The SMILES string of the molecule is O=C(O)c1cccc(CNc2ccccc2NI)c1.